The molecule has 2 aromatic carbocycles. The van der Waals surface area contributed by atoms with Crippen molar-refractivity contribution in [1.82, 2.24) is 0 Å². The van der Waals surface area contributed by atoms with Crippen molar-refractivity contribution >= 4 is 17.3 Å². The first-order chi connectivity index (χ1) is 10.1. The summed E-state index contributed by atoms with van der Waals surface area (Å²) in [6.45, 7) is 0. The predicted octanol–water partition coefficient (Wildman–Crippen LogP) is 2.56. The molecule has 0 unspecified atom stereocenters. The highest BCUT2D eigenvalue weighted by Gasteiger charge is 2.16. The number of amides is 1. The van der Waals surface area contributed by atoms with Gasteiger partial charge in [-0.1, -0.05) is 6.07 Å². The van der Waals surface area contributed by atoms with Crippen molar-refractivity contribution in [3.63, 3.8) is 0 Å². The smallest absolute Gasteiger partial charge is 0.258 e. The van der Waals surface area contributed by atoms with Gasteiger partial charge < -0.3 is 20.1 Å². The van der Waals surface area contributed by atoms with E-state index in [4.69, 9.17) is 15.2 Å². The SMILES string of the molecule is COc1ccc(C(=O)N(C)c2cccc(N)c2)cc1OC. The molecule has 0 radical (unpaired) electrons. The van der Waals surface area contributed by atoms with Crippen molar-refractivity contribution < 1.29 is 14.3 Å². The standard InChI is InChI=1S/C16H18N2O3/c1-18(13-6-4-5-12(17)10-13)16(19)11-7-8-14(20-2)15(9-11)21-3/h4-10H,17H2,1-3H3. The van der Waals surface area contributed by atoms with E-state index in [2.05, 4.69) is 0 Å². The second-order valence-corrected chi connectivity index (χ2v) is 4.53. The maximum atomic E-state index is 12.5. The third kappa shape index (κ3) is 3.08. The molecule has 0 bridgehead atoms. The van der Waals surface area contributed by atoms with Crippen LogP contribution in [0.1, 0.15) is 10.4 Å². The van der Waals surface area contributed by atoms with Gasteiger partial charge in [-0.2, -0.15) is 0 Å². The molecule has 2 N–H and O–H groups in total. The summed E-state index contributed by atoms with van der Waals surface area (Å²) in [5.41, 5.74) is 7.60. The van der Waals surface area contributed by atoms with Crippen LogP contribution in [0.2, 0.25) is 0 Å². The van der Waals surface area contributed by atoms with E-state index in [1.54, 1.807) is 44.5 Å². The summed E-state index contributed by atoms with van der Waals surface area (Å²) in [6.07, 6.45) is 0. The zero-order valence-electron chi connectivity index (χ0n) is 12.3. The third-order valence-electron chi connectivity index (χ3n) is 3.19. The lowest BCUT2D eigenvalue weighted by Gasteiger charge is -2.18. The van der Waals surface area contributed by atoms with Gasteiger partial charge in [0.15, 0.2) is 11.5 Å². The Balaban J connectivity index is 2.31. The Labute approximate surface area is 123 Å². The maximum absolute atomic E-state index is 12.5. The van der Waals surface area contributed by atoms with Gasteiger partial charge >= 0.3 is 0 Å². The lowest BCUT2D eigenvalue weighted by Crippen LogP contribution is -2.26. The normalized spacial score (nSPS) is 10.0. The van der Waals surface area contributed by atoms with Crippen molar-refractivity contribution in [2.45, 2.75) is 0 Å². The number of benzene rings is 2. The molecule has 0 aliphatic rings. The average Bonchev–Trinajstić information content (AvgIpc) is 2.52. The fraction of sp³-hybridized carbons (Fsp3) is 0.188. The number of hydrogen-bond donors (Lipinski definition) is 1. The molecule has 0 aliphatic carbocycles. The molecule has 2 aromatic rings. The molecule has 5 heteroatoms. The first-order valence-corrected chi connectivity index (χ1v) is 6.42. The van der Waals surface area contributed by atoms with Gasteiger partial charge in [-0.05, 0) is 36.4 Å². The van der Waals surface area contributed by atoms with Crippen LogP contribution in [0.4, 0.5) is 11.4 Å². The summed E-state index contributed by atoms with van der Waals surface area (Å²) >= 11 is 0. The summed E-state index contributed by atoms with van der Waals surface area (Å²) in [5, 5.41) is 0. The fourth-order valence-electron chi connectivity index (χ4n) is 2.01. The molecule has 5 nitrogen and oxygen atoms in total. The molecule has 0 saturated heterocycles. The predicted molar refractivity (Wildman–Crippen MR) is 83.1 cm³/mol. The lowest BCUT2D eigenvalue weighted by atomic mass is 10.1. The van der Waals surface area contributed by atoms with Crippen molar-refractivity contribution in [3.8, 4) is 11.5 Å². The molecule has 0 aromatic heterocycles. The summed E-state index contributed by atoms with van der Waals surface area (Å²) in [4.78, 5) is 14.1. The zero-order chi connectivity index (χ0) is 15.4. The number of nitrogens with two attached hydrogens (primary N) is 1. The summed E-state index contributed by atoms with van der Waals surface area (Å²) in [6, 6.07) is 12.2. The van der Waals surface area contributed by atoms with Crippen molar-refractivity contribution in [1.29, 1.82) is 0 Å². The molecule has 2 rings (SSSR count). The number of nitrogen functional groups attached to an aromatic ring is 1. The minimum atomic E-state index is -0.151. The van der Waals surface area contributed by atoms with E-state index < -0.39 is 0 Å². The van der Waals surface area contributed by atoms with Crippen LogP contribution in [0.3, 0.4) is 0 Å². The van der Waals surface area contributed by atoms with E-state index in [0.29, 0.717) is 22.7 Å². The maximum Gasteiger partial charge on any atom is 0.258 e. The summed E-state index contributed by atoms with van der Waals surface area (Å²) in [7, 11) is 4.79. The Morgan fingerprint density at radius 3 is 2.38 bits per heavy atom. The van der Waals surface area contributed by atoms with Gasteiger partial charge in [0.1, 0.15) is 0 Å². The Morgan fingerprint density at radius 1 is 1.05 bits per heavy atom. The highest BCUT2D eigenvalue weighted by Crippen LogP contribution is 2.28. The molecule has 0 saturated carbocycles. The molecule has 21 heavy (non-hydrogen) atoms. The van der Waals surface area contributed by atoms with Gasteiger partial charge in [0.2, 0.25) is 0 Å². The number of methoxy groups -OCH3 is 2. The quantitative estimate of drug-likeness (QED) is 0.877. The number of nitrogens with zero attached hydrogens (tertiary/aromatic N) is 1. The Hall–Kier alpha value is -2.69. The molecular weight excluding hydrogens is 268 g/mol. The number of rotatable bonds is 4. The summed E-state index contributed by atoms with van der Waals surface area (Å²) < 4.78 is 10.4. The Bertz CT molecular complexity index is 656. The number of hydrogen-bond acceptors (Lipinski definition) is 4. The van der Waals surface area contributed by atoms with Crippen molar-refractivity contribution in [3.05, 3.63) is 48.0 Å². The minimum Gasteiger partial charge on any atom is -0.493 e. The van der Waals surface area contributed by atoms with E-state index in [9.17, 15) is 4.79 Å². The molecule has 0 heterocycles. The highest BCUT2D eigenvalue weighted by molar-refractivity contribution is 6.06. The second-order valence-electron chi connectivity index (χ2n) is 4.53. The van der Waals surface area contributed by atoms with Crippen LogP contribution in [0.25, 0.3) is 0 Å². The Kier molecular flexibility index (Phi) is 4.33. The first-order valence-electron chi connectivity index (χ1n) is 6.42. The number of carbonyl (C=O) groups excluding carboxylic acids is 1. The van der Waals surface area contributed by atoms with E-state index in [1.807, 2.05) is 12.1 Å². The molecule has 0 atom stereocenters. The van der Waals surface area contributed by atoms with Crippen LogP contribution in [-0.4, -0.2) is 27.2 Å². The van der Waals surface area contributed by atoms with Gasteiger partial charge in [0.25, 0.3) is 5.91 Å². The van der Waals surface area contributed by atoms with Gasteiger partial charge in [-0.25, -0.2) is 0 Å². The van der Waals surface area contributed by atoms with E-state index in [1.165, 1.54) is 12.0 Å². The monoisotopic (exact) mass is 286 g/mol. The van der Waals surface area contributed by atoms with Gasteiger partial charge in [0, 0.05) is 24.0 Å². The van der Waals surface area contributed by atoms with Crippen LogP contribution >= 0.6 is 0 Å². The van der Waals surface area contributed by atoms with Crippen molar-refractivity contribution in [2.75, 3.05) is 31.9 Å². The number of anilines is 2. The fourth-order valence-corrected chi connectivity index (χ4v) is 2.01. The highest BCUT2D eigenvalue weighted by atomic mass is 16.5. The first kappa shape index (κ1) is 14.7. The van der Waals surface area contributed by atoms with Crippen LogP contribution in [-0.2, 0) is 0 Å². The van der Waals surface area contributed by atoms with E-state index >= 15 is 0 Å². The molecular formula is C16H18N2O3. The number of ether oxygens (including phenoxy) is 2. The molecule has 0 spiro atoms. The zero-order valence-corrected chi connectivity index (χ0v) is 12.3. The average molecular weight is 286 g/mol. The van der Waals surface area contributed by atoms with Crippen LogP contribution in [0.15, 0.2) is 42.5 Å². The largest absolute Gasteiger partial charge is 0.493 e. The minimum absolute atomic E-state index is 0.151. The van der Waals surface area contributed by atoms with Crippen LogP contribution in [0.5, 0.6) is 11.5 Å². The van der Waals surface area contributed by atoms with Gasteiger partial charge in [0.05, 0.1) is 14.2 Å². The molecule has 0 aliphatic heterocycles. The van der Waals surface area contributed by atoms with E-state index in [-0.39, 0.29) is 5.91 Å². The van der Waals surface area contributed by atoms with Crippen LogP contribution in [0, 0.1) is 0 Å². The Morgan fingerprint density at radius 2 is 1.76 bits per heavy atom. The van der Waals surface area contributed by atoms with E-state index in [0.717, 1.165) is 5.69 Å². The van der Waals surface area contributed by atoms with Gasteiger partial charge in [-0.15, -0.1) is 0 Å². The lowest BCUT2D eigenvalue weighted by molar-refractivity contribution is 0.0992. The number of carbonyl (C=O) groups is 1. The molecule has 1 amide bonds. The second kappa shape index (κ2) is 6.17. The van der Waals surface area contributed by atoms with Crippen molar-refractivity contribution in [2.24, 2.45) is 0 Å². The topological polar surface area (TPSA) is 64.8 Å². The third-order valence-corrected chi connectivity index (χ3v) is 3.19. The van der Waals surface area contributed by atoms with Crippen LogP contribution < -0.4 is 20.1 Å². The summed E-state index contributed by atoms with van der Waals surface area (Å²) in [5.74, 6) is 0.950. The molecule has 110 valence electrons. The van der Waals surface area contributed by atoms with Gasteiger partial charge in [-0.3, -0.25) is 4.79 Å². The molecule has 0 fully saturated rings.